The molecule has 72 valence electrons. The van der Waals surface area contributed by atoms with Gasteiger partial charge in [0, 0.05) is 18.5 Å². The number of carbonyl (C=O) groups excluding carboxylic acids is 1. The van der Waals surface area contributed by atoms with Crippen LogP contribution in [-0.2, 0) is 4.79 Å². The zero-order valence-corrected chi connectivity index (χ0v) is 8.21. The lowest BCUT2D eigenvalue weighted by Gasteiger charge is -2.03. The largest absolute Gasteiger partial charge is 0.326 e. The summed E-state index contributed by atoms with van der Waals surface area (Å²) >= 11 is 0. The molecular formula is C12H13NO. The second kappa shape index (κ2) is 5.08. The summed E-state index contributed by atoms with van der Waals surface area (Å²) in [7, 11) is 0. The smallest absolute Gasteiger partial charge is 0.225 e. The summed E-state index contributed by atoms with van der Waals surface area (Å²) in [4.78, 5) is 11.2. The Balaban J connectivity index is 2.49. The van der Waals surface area contributed by atoms with Crippen molar-refractivity contribution in [3.05, 3.63) is 29.8 Å². The predicted octanol–water partition coefficient (Wildman–Crippen LogP) is 2.35. The number of amides is 1. The fourth-order valence-corrected chi connectivity index (χ4v) is 1.05. The van der Waals surface area contributed by atoms with Crippen molar-refractivity contribution in [3.8, 4) is 12.3 Å². The highest BCUT2D eigenvalue weighted by atomic mass is 16.1. The van der Waals surface area contributed by atoms with Gasteiger partial charge in [-0.15, -0.1) is 12.3 Å². The van der Waals surface area contributed by atoms with Gasteiger partial charge in [-0.2, -0.15) is 0 Å². The van der Waals surface area contributed by atoms with Gasteiger partial charge in [-0.3, -0.25) is 4.79 Å². The first kappa shape index (κ1) is 10.3. The Morgan fingerprint density at radius 3 is 2.64 bits per heavy atom. The fraction of sp³-hybridized carbons (Fsp3) is 0.250. The molecule has 0 heterocycles. The Kier molecular flexibility index (Phi) is 3.75. The number of aryl methyl sites for hydroxylation is 1. The highest BCUT2D eigenvalue weighted by molar-refractivity contribution is 5.90. The second-order valence-corrected chi connectivity index (χ2v) is 3.12. The van der Waals surface area contributed by atoms with Gasteiger partial charge in [-0.25, -0.2) is 0 Å². The van der Waals surface area contributed by atoms with E-state index in [9.17, 15) is 4.79 Å². The van der Waals surface area contributed by atoms with Crippen LogP contribution in [-0.4, -0.2) is 5.91 Å². The zero-order chi connectivity index (χ0) is 10.4. The highest BCUT2D eigenvalue weighted by Gasteiger charge is 1.99. The van der Waals surface area contributed by atoms with Gasteiger partial charge in [0.15, 0.2) is 0 Å². The number of nitrogens with one attached hydrogen (secondary N) is 1. The molecule has 1 rings (SSSR count). The van der Waals surface area contributed by atoms with Crippen LogP contribution in [0, 0.1) is 19.3 Å². The van der Waals surface area contributed by atoms with E-state index in [1.165, 1.54) is 5.56 Å². The SMILES string of the molecule is C#CCCC(=O)Nc1ccc(C)cc1. The molecule has 14 heavy (non-hydrogen) atoms. The number of benzene rings is 1. The van der Waals surface area contributed by atoms with Gasteiger partial charge in [-0.05, 0) is 19.1 Å². The molecule has 0 bridgehead atoms. The van der Waals surface area contributed by atoms with E-state index in [2.05, 4.69) is 11.2 Å². The van der Waals surface area contributed by atoms with Crippen LogP contribution in [0.2, 0.25) is 0 Å². The molecule has 1 N–H and O–H groups in total. The minimum absolute atomic E-state index is 0.0354. The Hall–Kier alpha value is -1.75. The number of rotatable bonds is 3. The minimum atomic E-state index is -0.0354. The Labute approximate surface area is 84.3 Å². The molecular weight excluding hydrogens is 174 g/mol. The molecule has 0 atom stereocenters. The summed E-state index contributed by atoms with van der Waals surface area (Å²) < 4.78 is 0. The first-order valence-electron chi connectivity index (χ1n) is 4.52. The third-order valence-electron chi connectivity index (χ3n) is 1.83. The number of hydrogen-bond acceptors (Lipinski definition) is 1. The summed E-state index contributed by atoms with van der Waals surface area (Å²) in [6.07, 6.45) is 5.92. The van der Waals surface area contributed by atoms with Crippen molar-refractivity contribution in [1.29, 1.82) is 0 Å². The molecule has 1 aromatic carbocycles. The van der Waals surface area contributed by atoms with Crippen molar-refractivity contribution in [1.82, 2.24) is 0 Å². The van der Waals surface area contributed by atoms with Crippen LogP contribution in [0.4, 0.5) is 5.69 Å². The normalized spacial score (nSPS) is 9.14. The van der Waals surface area contributed by atoms with E-state index < -0.39 is 0 Å². The number of hydrogen-bond donors (Lipinski definition) is 1. The van der Waals surface area contributed by atoms with Crippen molar-refractivity contribution in [2.24, 2.45) is 0 Å². The maximum absolute atomic E-state index is 11.2. The Bertz CT molecular complexity index is 346. The number of terminal acetylenes is 1. The van der Waals surface area contributed by atoms with Crippen molar-refractivity contribution in [3.63, 3.8) is 0 Å². The molecule has 0 aromatic heterocycles. The lowest BCUT2D eigenvalue weighted by atomic mass is 10.2. The molecule has 0 saturated heterocycles. The van der Waals surface area contributed by atoms with Gasteiger partial charge in [0.2, 0.25) is 5.91 Å². The first-order chi connectivity index (χ1) is 6.72. The maximum Gasteiger partial charge on any atom is 0.225 e. The van der Waals surface area contributed by atoms with E-state index >= 15 is 0 Å². The van der Waals surface area contributed by atoms with Crippen LogP contribution in [0.25, 0.3) is 0 Å². The van der Waals surface area contributed by atoms with Crippen molar-refractivity contribution >= 4 is 11.6 Å². The predicted molar refractivity (Wildman–Crippen MR) is 57.9 cm³/mol. The minimum Gasteiger partial charge on any atom is -0.326 e. The average molecular weight is 187 g/mol. The summed E-state index contributed by atoms with van der Waals surface area (Å²) in [5.74, 6) is 2.40. The van der Waals surface area contributed by atoms with Crippen LogP contribution in [0.15, 0.2) is 24.3 Å². The van der Waals surface area contributed by atoms with E-state index in [1.54, 1.807) is 0 Å². The molecule has 0 saturated carbocycles. The molecule has 0 aliphatic heterocycles. The molecule has 2 nitrogen and oxygen atoms in total. The first-order valence-corrected chi connectivity index (χ1v) is 4.52. The van der Waals surface area contributed by atoms with Gasteiger partial charge in [0.1, 0.15) is 0 Å². The molecule has 0 aliphatic carbocycles. The monoisotopic (exact) mass is 187 g/mol. The molecule has 0 unspecified atom stereocenters. The zero-order valence-electron chi connectivity index (χ0n) is 8.21. The molecule has 1 aromatic rings. The van der Waals surface area contributed by atoms with Crippen LogP contribution in [0.1, 0.15) is 18.4 Å². The molecule has 0 fully saturated rings. The van der Waals surface area contributed by atoms with Gasteiger partial charge in [0.05, 0.1) is 0 Å². The molecule has 0 aliphatic rings. The number of carbonyl (C=O) groups is 1. The summed E-state index contributed by atoms with van der Waals surface area (Å²) in [5.41, 5.74) is 1.99. The molecule has 1 amide bonds. The van der Waals surface area contributed by atoms with Crippen LogP contribution < -0.4 is 5.32 Å². The molecule has 0 radical (unpaired) electrons. The Morgan fingerprint density at radius 1 is 1.43 bits per heavy atom. The molecule has 0 spiro atoms. The summed E-state index contributed by atoms with van der Waals surface area (Å²) in [5, 5.41) is 2.77. The van der Waals surface area contributed by atoms with E-state index in [0.717, 1.165) is 5.69 Å². The topological polar surface area (TPSA) is 29.1 Å². The van der Waals surface area contributed by atoms with Crippen LogP contribution >= 0.6 is 0 Å². The standard InChI is InChI=1S/C12H13NO/c1-3-4-5-12(14)13-11-8-6-10(2)7-9-11/h1,6-9H,4-5H2,2H3,(H,13,14). The number of anilines is 1. The van der Waals surface area contributed by atoms with Crippen molar-refractivity contribution in [2.45, 2.75) is 19.8 Å². The fourth-order valence-electron chi connectivity index (χ4n) is 1.05. The summed E-state index contributed by atoms with van der Waals surface area (Å²) in [6, 6.07) is 7.67. The van der Waals surface area contributed by atoms with Gasteiger partial charge in [-0.1, -0.05) is 17.7 Å². The summed E-state index contributed by atoms with van der Waals surface area (Å²) in [6.45, 7) is 2.00. The highest BCUT2D eigenvalue weighted by Crippen LogP contribution is 2.08. The van der Waals surface area contributed by atoms with Crippen LogP contribution in [0.5, 0.6) is 0 Å². The van der Waals surface area contributed by atoms with E-state index in [-0.39, 0.29) is 5.91 Å². The lowest BCUT2D eigenvalue weighted by Crippen LogP contribution is -2.10. The van der Waals surface area contributed by atoms with E-state index in [1.807, 2.05) is 31.2 Å². The lowest BCUT2D eigenvalue weighted by molar-refractivity contribution is -0.116. The van der Waals surface area contributed by atoms with Gasteiger partial charge in [0.25, 0.3) is 0 Å². The third kappa shape index (κ3) is 3.32. The van der Waals surface area contributed by atoms with E-state index in [0.29, 0.717) is 12.8 Å². The van der Waals surface area contributed by atoms with Crippen LogP contribution in [0.3, 0.4) is 0 Å². The quantitative estimate of drug-likeness (QED) is 0.723. The molecule has 2 heteroatoms. The van der Waals surface area contributed by atoms with Gasteiger partial charge < -0.3 is 5.32 Å². The van der Waals surface area contributed by atoms with E-state index in [4.69, 9.17) is 6.42 Å². The second-order valence-electron chi connectivity index (χ2n) is 3.12. The average Bonchev–Trinajstić information content (AvgIpc) is 2.18. The van der Waals surface area contributed by atoms with Gasteiger partial charge >= 0.3 is 0 Å². The Morgan fingerprint density at radius 2 is 2.07 bits per heavy atom. The van der Waals surface area contributed by atoms with Crippen molar-refractivity contribution < 1.29 is 4.79 Å². The van der Waals surface area contributed by atoms with Crippen molar-refractivity contribution in [2.75, 3.05) is 5.32 Å². The maximum atomic E-state index is 11.2. The third-order valence-corrected chi connectivity index (χ3v) is 1.83.